The average molecular weight is 549 g/mol. The van der Waals surface area contributed by atoms with E-state index in [-0.39, 0.29) is 16.8 Å². The first-order valence-electron chi connectivity index (χ1n) is 10.0. The van der Waals surface area contributed by atoms with E-state index in [1.54, 1.807) is 18.2 Å². The molecule has 1 aliphatic heterocycles. The van der Waals surface area contributed by atoms with Gasteiger partial charge < -0.3 is 14.6 Å². The number of rotatable bonds is 5. The van der Waals surface area contributed by atoms with Gasteiger partial charge in [-0.05, 0) is 70.0 Å². The van der Waals surface area contributed by atoms with Crippen molar-refractivity contribution in [2.75, 3.05) is 12.0 Å². The number of hydrogen-bond acceptors (Lipinski definition) is 6. The van der Waals surface area contributed by atoms with E-state index in [0.717, 1.165) is 17.0 Å². The third-order valence-electron chi connectivity index (χ3n) is 5.22. The third kappa shape index (κ3) is 4.85. The fourth-order valence-electron chi connectivity index (χ4n) is 3.73. The summed E-state index contributed by atoms with van der Waals surface area (Å²) in [5.74, 6) is -2.35. The van der Waals surface area contributed by atoms with Crippen LogP contribution in [0.2, 0.25) is 0 Å². The van der Waals surface area contributed by atoms with Crippen LogP contribution in [0.1, 0.15) is 17.2 Å². The first kappa shape index (κ1) is 24.3. The van der Waals surface area contributed by atoms with Gasteiger partial charge in [0.05, 0.1) is 23.2 Å². The topological polar surface area (TPSA) is 89.0 Å². The maximum Gasteiger partial charge on any atom is 0.573 e. The summed E-state index contributed by atoms with van der Waals surface area (Å²) in [7, 11) is 1.47. The number of aliphatic hydroxyl groups is 1. The maximum atomic E-state index is 13.1. The second kappa shape index (κ2) is 9.41. The summed E-state index contributed by atoms with van der Waals surface area (Å²) in [6.07, 6.45) is -1.95. The summed E-state index contributed by atoms with van der Waals surface area (Å²) in [5, 5.41) is 11.1. The lowest BCUT2D eigenvalue weighted by Crippen LogP contribution is -2.29. The zero-order valence-corrected chi connectivity index (χ0v) is 19.5. The number of halogens is 4. The third-order valence-corrected chi connectivity index (χ3v) is 5.84. The van der Waals surface area contributed by atoms with Crippen molar-refractivity contribution in [3.05, 3.63) is 88.2 Å². The summed E-state index contributed by atoms with van der Waals surface area (Å²) >= 11 is 3.32. The summed E-state index contributed by atoms with van der Waals surface area (Å²) in [6, 6.07) is 11.3. The molecule has 4 rings (SSSR count). The van der Waals surface area contributed by atoms with Crippen molar-refractivity contribution in [1.29, 1.82) is 0 Å². The number of aliphatic hydroxyl groups excluding tert-OH is 1. The molecule has 1 N–H and O–H groups in total. The molecule has 1 amide bonds. The van der Waals surface area contributed by atoms with Crippen molar-refractivity contribution in [3.8, 4) is 11.5 Å². The Kier molecular flexibility index (Phi) is 6.53. The van der Waals surface area contributed by atoms with Gasteiger partial charge in [0, 0.05) is 23.6 Å². The summed E-state index contributed by atoms with van der Waals surface area (Å²) in [6.45, 7) is 0. The molecule has 1 saturated heterocycles. The molecule has 11 heteroatoms. The minimum absolute atomic E-state index is 0.130. The molecule has 1 aromatic heterocycles. The van der Waals surface area contributed by atoms with E-state index in [9.17, 15) is 27.9 Å². The van der Waals surface area contributed by atoms with Crippen LogP contribution in [0.4, 0.5) is 18.9 Å². The van der Waals surface area contributed by atoms with E-state index in [1.165, 1.54) is 43.8 Å². The standard InChI is InChI=1S/C24H16BrF3N2O5/c1-34-18-9-4-13(11-17(18)25)21(31)19-20(14-3-2-10-29-12-14)30(23(33)22(19)32)15-5-7-16(8-6-15)35-24(26,27)28/h2-12,20,31H,1H3/b21-19-. The predicted octanol–water partition coefficient (Wildman–Crippen LogP) is 5.38. The monoisotopic (exact) mass is 548 g/mol. The fourth-order valence-corrected chi connectivity index (χ4v) is 4.27. The molecule has 0 saturated carbocycles. The maximum absolute atomic E-state index is 13.1. The minimum atomic E-state index is -4.88. The molecular weight excluding hydrogens is 533 g/mol. The Hall–Kier alpha value is -3.86. The number of amides is 1. The molecule has 35 heavy (non-hydrogen) atoms. The summed E-state index contributed by atoms with van der Waals surface area (Å²) in [4.78, 5) is 31.3. The molecular formula is C24H16BrF3N2O5. The van der Waals surface area contributed by atoms with Crippen LogP contribution in [0.25, 0.3) is 5.76 Å². The highest BCUT2D eigenvalue weighted by Crippen LogP contribution is 2.43. The largest absolute Gasteiger partial charge is 0.573 e. The van der Waals surface area contributed by atoms with Crippen LogP contribution < -0.4 is 14.4 Å². The molecule has 0 radical (unpaired) electrons. The van der Waals surface area contributed by atoms with Crippen molar-refractivity contribution in [3.63, 3.8) is 0 Å². The van der Waals surface area contributed by atoms with Crippen LogP contribution in [0.5, 0.6) is 11.5 Å². The van der Waals surface area contributed by atoms with E-state index in [2.05, 4.69) is 25.7 Å². The fraction of sp³-hybridized carbons (Fsp3) is 0.125. The molecule has 2 aromatic carbocycles. The van der Waals surface area contributed by atoms with Crippen LogP contribution in [-0.2, 0) is 9.59 Å². The van der Waals surface area contributed by atoms with E-state index < -0.39 is 35.6 Å². The molecule has 7 nitrogen and oxygen atoms in total. The minimum Gasteiger partial charge on any atom is -0.507 e. The first-order valence-corrected chi connectivity index (χ1v) is 10.8. The van der Waals surface area contributed by atoms with Crippen LogP contribution >= 0.6 is 15.9 Å². The number of pyridine rings is 1. The number of nitrogens with zero attached hydrogens (tertiary/aromatic N) is 2. The van der Waals surface area contributed by atoms with E-state index in [1.807, 2.05) is 0 Å². The molecule has 3 aromatic rings. The quantitative estimate of drug-likeness (QED) is 0.261. The van der Waals surface area contributed by atoms with Crippen molar-refractivity contribution in [2.45, 2.75) is 12.4 Å². The van der Waals surface area contributed by atoms with Crippen LogP contribution in [-0.4, -0.2) is 35.3 Å². The van der Waals surface area contributed by atoms with Crippen LogP contribution in [0.3, 0.4) is 0 Å². The van der Waals surface area contributed by atoms with Gasteiger partial charge in [-0.3, -0.25) is 19.5 Å². The van der Waals surface area contributed by atoms with Gasteiger partial charge in [0.15, 0.2) is 0 Å². The highest BCUT2D eigenvalue weighted by atomic mass is 79.9. The van der Waals surface area contributed by atoms with Crippen molar-refractivity contribution < 1.29 is 37.3 Å². The number of Topliss-reactive ketones (excluding diaryl/α,β-unsaturated/α-hetero) is 1. The SMILES string of the molecule is COc1ccc(/C(O)=C2/C(=O)C(=O)N(c3ccc(OC(F)(F)F)cc3)C2c2cccnc2)cc1Br. The molecule has 0 spiro atoms. The highest BCUT2D eigenvalue weighted by molar-refractivity contribution is 9.10. The molecule has 1 aliphatic rings. The van der Waals surface area contributed by atoms with Gasteiger partial charge in [0.1, 0.15) is 17.3 Å². The van der Waals surface area contributed by atoms with Gasteiger partial charge in [-0.1, -0.05) is 6.07 Å². The lowest BCUT2D eigenvalue weighted by molar-refractivity contribution is -0.274. The van der Waals surface area contributed by atoms with Crippen molar-refractivity contribution in [2.24, 2.45) is 0 Å². The smallest absolute Gasteiger partial charge is 0.507 e. The lowest BCUT2D eigenvalue weighted by Gasteiger charge is -2.25. The number of carbonyl (C=O) groups is 2. The Morgan fingerprint density at radius 3 is 2.40 bits per heavy atom. The Morgan fingerprint density at radius 1 is 1.11 bits per heavy atom. The Balaban J connectivity index is 1.84. The molecule has 1 unspecified atom stereocenters. The number of methoxy groups -OCH3 is 1. The van der Waals surface area contributed by atoms with E-state index in [0.29, 0.717) is 15.8 Å². The highest BCUT2D eigenvalue weighted by Gasteiger charge is 2.47. The molecule has 2 heterocycles. The van der Waals surface area contributed by atoms with Gasteiger partial charge in [-0.2, -0.15) is 0 Å². The Bertz CT molecular complexity index is 1310. The molecule has 1 atom stereocenters. The second-order valence-corrected chi connectivity index (χ2v) is 8.20. The molecule has 180 valence electrons. The molecule has 0 aliphatic carbocycles. The number of aromatic nitrogens is 1. The number of ether oxygens (including phenoxy) is 2. The number of anilines is 1. The lowest BCUT2D eigenvalue weighted by atomic mass is 9.96. The number of hydrogen-bond donors (Lipinski definition) is 1. The van der Waals surface area contributed by atoms with E-state index in [4.69, 9.17) is 4.74 Å². The Morgan fingerprint density at radius 2 is 1.83 bits per heavy atom. The second-order valence-electron chi connectivity index (χ2n) is 7.35. The van der Waals surface area contributed by atoms with Crippen LogP contribution in [0.15, 0.2) is 77.0 Å². The Labute approximate surface area is 205 Å². The zero-order chi connectivity index (χ0) is 25.3. The van der Waals surface area contributed by atoms with E-state index >= 15 is 0 Å². The number of alkyl halides is 3. The van der Waals surface area contributed by atoms with Gasteiger partial charge in [0.2, 0.25) is 0 Å². The number of ketones is 1. The number of carbonyl (C=O) groups excluding carboxylic acids is 2. The average Bonchev–Trinajstić information content (AvgIpc) is 3.09. The first-order chi connectivity index (χ1) is 16.6. The van der Waals surface area contributed by atoms with Gasteiger partial charge in [-0.25, -0.2) is 0 Å². The predicted molar refractivity (Wildman–Crippen MR) is 123 cm³/mol. The van der Waals surface area contributed by atoms with Crippen molar-refractivity contribution >= 4 is 39.1 Å². The zero-order valence-electron chi connectivity index (χ0n) is 17.9. The van der Waals surface area contributed by atoms with Gasteiger partial charge in [0.25, 0.3) is 11.7 Å². The normalized spacial score (nSPS) is 17.5. The molecule has 1 fully saturated rings. The van der Waals surface area contributed by atoms with Gasteiger partial charge in [-0.15, -0.1) is 13.2 Å². The van der Waals surface area contributed by atoms with Crippen LogP contribution in [0, 0.1) is 0 Å². The summed E-state index contributed by atoms with van der Waals surface area (Å²) in [5.41, 5.74) is 0.594. The van der Waals surface area contributed by atoms with Gasteiger partial charge >= 0.3 is 6.36 Å². The van der Waals surface area contributed by atoms with Crippen molar-refractivity contribution in [1.82, 2.24) is 4.98 Å². The number of benzene rings is 2. The summed E-state index contributed by atoms with van der Waals surface area (Å²) < 4.78 is 47.2. The molecule has 0 bridgehead atoms.